The van der Waals surface area contributed by atoms with Crippen molar-refractivity contribution in [3.05, 3.63) is 89.9 Å². The van der Waals surface area contributed by atoms with Crippen molar-refractivity contribution in [2.24, 2.45) is 5.92 Å². The summed E-state index contributed by atoms with van der Waals surface area (Å²) in [4.78, 5) is 43.5. The number of nitrogens with one attached hydrogen (secondary N) is 2. The smallest absolute Gasteiger partial charge is 0.328 e. The second kappa shape index (κ2) is 11.9. The van der Waals surface area contributed by atoms with E-state index in [1.807, 2.05) is 12.1 Å². The fourth-order valence-electron chi connectivity index (χ4n) is 4.90. The van der Waals surface area contributed by atoms with Gasteiger partial charge in [-0.15, -0.1) is 0 Å². The first-order chi connectivity index (χ1) is 19.4. The zero-order chi connectivity index (χ0) is 28.1. The van der Waals surface area contributed by atoms with Crippen LogP contribution in [0, 0.1) is 5.92 Å². The fourth-order valence-corrected chi connectivity index (χ4v) is 4.90. The van der Waals surface area contributed by atoms with Crippen LogP contribution in [-0.4, -0.2) is 49.3 Å². The number of carbonyl (C=O) groups excluding carboxylic acids is 2. The van der Waals surface area contributed by atoms with Crippen molar-refractivity contribution in [1.82, 2.24) is 15.2 Å². The minimum Gasteiger partial charge on any atom is -0.478 e. The van der Waals surface area contributed by atoms with Crippen LogP contribution in [-0.2, 0) is 16.1 Å². The minimum atomic E-state index is -1.08. The van der Waals surface area contributed by atoms with E-state index in [0.29, 0.717) is 48.2 Å². The van der Waals surface area contributed by atoms with Gasteiger partial charge >= 0.3 is 5.97 Å². The van der Waals surface area contributed by atoms with Crippen molar-refractivity contribution in [3.8, 4) is 0 Å². The first-order valence-electron chi connectivity index (χ1n) is 13.1. The third-order valence-corrected chi connectivity index (χ3v) is 7.07. The van der Waals surface area contributed by atoms with Gasteiger partial charge in [-0.1, -0.05) is 24.3 Å². The topological polar surface area (TPSA) is 149 Å². The molecule has 0 unspecified atom stereocenters. The maximum absolute atomic E-state index is 13.7. The Labute approximate surface area is 230 Å². The number of anilines is 2. The van der Waals surface area contributed by atoms with Gasteiger partial charge in [0.2, 0.25) is 5.91 Å². The van der Waals surface area contributed by atoms with Crippen LogP contribution in [0.1, 0.15) is 47.2 Å². The van der Waals surface area contributed by atoms with Crippen LogP contribution in [0.3, 0.4) is 0 Å². The van der Waals surface area contributed by atoms with E-state index in [1.165, 1.54) is 12.3 Å². The summed E-state index contributed by atoms with van der Waals surface area (Å²) in [6.07, 6.45) is 9.17. The summed E-state index contributed by atoms with van der Waals surface area (Å²) in [5.74, 6) is -1.67. The molecule has 1 fully saturated rings. The molecule has 0 radical (unpaired) electrons. The third-order valence-electron chi connectivity index (χ3n) is 7.07. The highest BCUT2D eigenvalue weighted by molar-refractivity contribution is 6.08. The van der Waals surface area contributed by atoms with Crippen LogP contribution in [0.15, 0.2) is 73.2 Å². The molecule has 5 rings (SSSR count). The lowest BCUT2D eigenvalue weighted by atomic mass is 9.86. The van der Waals surface area contributed by atoms with Crippen molar-refractivity contribution in [1.29, 1.82) is 0 Å². The molecule has 2 aromatic heterocycles. The van der Waals surface area contributed by atoms with Gasteiger partial charge in [-0.05, 0) is 67.2 Å². The second-order valence-electron chi connectivity index (χ2n) is 9.87. The van der Waals surface area contributed by atoms with Crippen molar-refractivity contribution in [2.75, 3.05) is 10.2 Å². The zero-order valence-electron chi connectivity index (χ0n) is 21.7. The highest BCUT2D eigenvalue weighted by Gasteiger charge is 2.30. The first kappa shape index (κ1) is 26.8. The Morgan fingerprint density at radius 3 is 2.55 bits per heavy atom. The molecule has 1 aliphatic rings. The molecular formula is C30H29N5O5. The van der Waals surface area contributed by atoms with E-state index in [1.54, 1.807) is 53.7 Å². The van der Waals surface area contributed by atoms with Crippen LogP contribution >= 0.6 is 0 Å². The lowest BCUT2D eigenvalue weighted by Crippen LogP contribution is -2.38. The first-order valence-corrected chi connectivity index (χ1v) is 13.1. The fraction of sp³-hybridized carbons (Fsp3) is 0.233. The molecule has 1 aliphatic carbocycles. The number of carbonyl (C=O) groups is 3. The maximum atomic E-state index is 13.7. The van der Waals surface area contributed by atoms with Gasteiger partial charge in [-0.3, -0.25) is 19.7 Å². The molecule has 0 aliphatic heterocycles. The second-order valence-corrected chi connectivity index (χ2v) is 9.87. The molecule has 40 heavy (non-hydrogen) atoms. The number of H-pyrrole nitrogens is 1. The highest BCUT2D eigenvalue weighted by atomic mass is 16.4. The predicted molar refractivity (Wildman–Crippen MR) is 151 cm³/mol. The zero-order valence-corrected chi connectivity index (χ0v) is 21.7. The van der Waals surface area contributed by atoms with Gasteiger partial charge in [0.15, 0.2) is 0 Å². The van der Waals surface area contributed by atoms with Crippen molar-refractivity contribution < 1.29 is 24.6 Å². The molecule has 10 nitrogen and oxygen atoms in total. The number of benzene rings is 2. The molecular weight excluding hydrogens is 510 g/mol. The number of aromatic amines is 1. The minimum absolute atomic E-state index is 0.0810. The normalized spacial score (nSPS) is 17.1. The van der Waals surface area contributed by atoms with Gasteiger partial charge in [0.25, 0.3) is 5.91 Å². The Balaban J connectivity index is 1.36. The molecule has 0 spiro atoms. The third kappa shape index (κ3) is 6.24. The summed E-state index contributed by atoms with van der Waals surface area (Å²) in [6.45, 7) is 0.237. The lowest BCUT2D eigenvalue weighted by Gasteiger charge is -2.31. The number of amides is 2. The molecule has 4 aromatic rings. The summed E-state index contributed by atoms with van der Waals surface area (Å²) in [6, 6.07) is 14.3. The molecule has 2 aromatic carbocycles. The number of hydrogen-bond donors (Lipinski definition) is 4. The average molecular weight is 540 g/mol. The van der Waals surface area contributed by atoms with Crippen molar-refractivity contribution >= 4 is 46.1 Å². The van der Waals surface area contributed by atoms with Gasteiger partial charge in [0.1, 0.15) is 0 Å². The van der Waals surface area contributed by atoms with E-state index in [9.17, 15) is 19.5 Å². The molecule has 2 heterocycles. The molecule has 4 N–H and O–H groups in total. The van der Waals surface area contributed by atoms with Crippen LogP contribution < -0.4 is 10.2 Å². The van der Waals surface area contributed by atoms with E-state index < -0.39 is 5.97 Å². The SMILES string of the molecule is O=C(O)/C=C/c1cncc(N(Cc2ccc(C(=O)Nc3cccc4cn[nH]c34)cc2)C(=O)C2CCC(O)CC2)c1. The number of pyridine rings is 1. The number of carboxylic acids is 1. The van der Waals surface area contributed by atoms with Gasteiger partial charge in [-0.2, -0.15) is 5.10 Å². The number of aliphatic hydroxyl groups excluding tert-OH is 1. The number of carboxylic acid groups (broad SMARTS) is 1. The van der Waals surface area contributed by atoms with Gasteiger partial charge in [0, 0.05) is 29.1 Å². The molecule has 0 bridgehead atoms. The van der Waals surface area contributed by atoms with Crippen molar-refractivity contribution in [3.63, 3.8) is 0 Å². The lowest BCUT2D eigenvalue weighted by molar-refractivity contribution is -0.131. The molecule has 0 saturated heterocycles. The van der Waals surface area contributed by atoms with E-state index >= 15 is 0 Å². The number of nitrogens with zero attached hydrogens (tertiary/aromatic N) is 3. The molecule has 10 heteroatoms. The Hall–Kier alpha value is -4.83. The predicted octanol–water partition coefficient (Wildman–Crippen LogP) is 4.39. The standard InChI is InChI=1S/C30H29N5O5/c36-25-11-9-22(10-12-25)30(40)35(24-14-20(15-31-17-24)6-13-27(37)38)18-19-4-7-21(8-5-19)29(39)33-26-3-1-2-23-16-32-34-28(23)26/h1-8,13-17,22,25,36H,9-12,18H2,(H,32,34)(H,33,39)(H,37,38)/b13-6+. The summed E-state index contributed by atoms with van der Waals surface area (Å²) >= 11 is 0. The van der Waals surface area contributed by atoms with E-state index in [-0.39, 0.29) is 30.4 Å². The molecule has 2 amide bonds. The van der Waals surface area contributed by atoms with Gasteiger partial charge < -0.3 is 20.4 Å². The number of hydrogen-bond acceptors (Lipinski definition) is 6. The van der Waals surface area contributed by atoms with Crippen LogP contribution in [0.4, 0.5) is 11.4 Å². The van der Waals surface area contributed by atoms with E-state index in [4.69, 9.17) is 5.11 Å². The summed E-state index contributed by atoms with van der Waals surface area (Å²) in [5, 5.41) is 29.6. The summed E-state index contributed by atoms with van der Waals surface area (Å²) in [5.41, 5.74) is 3.73. The number of rotatable bonds is 8. The maximum Gasteiger partial charge on any atom is 0.328 e. The highest BCUT2D eigenvalue weighted by Crippen LogP contribution is 2.29. The van der Waals surface area contributed by atoms with E-state index in [2.05, 4.69) is 20.5 Å². The number of fused-ring (bicyclic) bond motifs is 1. The van der Waals surface area contributed by atoms with E-state index in [0.717, 1.165) is 22.5 Å². The Bertz CT molecular complexity index is 1550. The summed E-state index contributed by atoms with van der Waals surface area (Å²) < 4.78 is 0. The van der Waals surface area contributed by atoms with Gasteiger partial charge in [0.05, 0.1) is 41.9 Å². The Morgan fingerprint density at radius 2 is 1.80 bits per heavy atom. The van der Waals surface area contributed by atoms with Crippen LogP contribution in [0.5, 0.6) is 0 Å². The molecule has 204 valence electrons. The van der Waals surface area contributed by atoms with Crippen molar-refractivity contribution in [2.45, 2.75) is 38.3 Å². The number of aliphatic hydroxyl groups is 1. The van der Waals surface area contributed by atoms with Crippen LogP contribution in [0.2, 0.25) is 0 Å². The number of aromatic nitrogens is 3. The summed E-state index contributed by atoms with van der Waals surface area (Å²) in [7, 11) is 0. The number of para-hydroxylation sites is 1. The molecule has 0 atom stereocenters. The Morgan fingerprint density at radius 1 is 1.02 bits per heavy atom. The van der Waals surface area contributed by atoms with Crippen LogP contribution in [0.25, 0.3) is 17.0 Å². The number of aliphatic carboxylic acids is 1. The monoisotopic (exact) mass is 539 g/mol. The van der Waals surface area contributed by atoms with Gasteiger partial charge in [-0.25, -0.2) is 4.79 Å². The quantitative estimate of drug-likeness (QED) is 0.243. The largest absolute Gasteiger partial charge is 0.478 e. The molecule has 1 saturated carbocycles. The Kier molecular flexibility index (Phi) is 7.97. The average Bonchev–Trinajstić information content (AvgIpc) is 3.45.